The second-order valence-corrected chi connectivity index (χ2v) is 15.5. The van der Waals surface area contributed by atoms with Crippen molar-refractivity contribution in [1.29, 1.82) is 0 Å². The summed E-state index contributed by atoms with van der Waals surface area (Å²) in [6, 6.07) is 28.8. The SMILES string of the molecule is Cc1nccc(-c2ccc(CCNC(=O)C3Cc4cc5c(cc4CN3C(=O)c3ccc(F)c(F)c3)OC(c3ccc(OCc4ccc(Cl)c(Cl)c4)cc3)CO5)cc2)c1C. The van der Waals surface area contributed by atoms with Crippen LogP contribution in [0.4, 0.5) is 8.78 Å². The predicted molar refractivity (Wildman–Crippen MR) is 222 cm³/mol. The summed E-state index contributed by atoms with van der Waals surface area (Å²) in [6.45, 7) is 4.97. The van der Waals surface area contributed by atoms with Gasteiger partial charge in [-0.1, -0.05) is 65.7 Å². The van der Waals surface area contributed by atoms with Crippen molar-refractivity contribution in [2.45, 2.75) is 52.0 Å². The van der Waals surface area contributed by atoms with Crippen molar-refractivity contribution in [3.63, 3.8) is 0 Å². The van der Waals surface area contributed by atoms with Crippen molar-refractivity contribution in [2.24, 2.45) is 0 Å². The topological polar surface area (TPSA) is 90.0 Å². The lowest BCUT2D eigenvalue weighted by Gasteiger charge is -2.37. The van der Waals surface area contributed by atoms with Crippen molar-refractivity contribution in [3.8, 4) is 28.4 Å². The Balaban J connectivity index is 0.959. The van der Waals surface area contributed by atoms with Crippen LogP contribution in [-0.2, 0) is 30.8 Å². The molecule has 2 aliphatic heterocycles. The lowest BCUT2D eigenvalue weighted by atomic mass is 9.91. The number of rotatable bonds is 10. The molecule has 1 aromatic heterocycles. The number of benzene rings is 5. The normalized spacial score (nSPS) is 15.7. The Bertz CT molecular complexity index is 2550. The molecule has 0 bridgehead atoms. The number of nitrogens with one attached hydrogen (secondary N) is 1. The highest BCUT2D eigenvalue weighted by atomic mass is 35.5. The molecule has 59 heavy (non-hydrogen) atoms. The average molecular weight is 835 g/mol. The fourth-order valence-electron chi connectivity index (χ4n) is 7.38. The number of pyridine rings is 1. The first kappa shape index (κ1) is 39.8. The van der Waals surface area contributed by atoms with Crippen molar-refractivity contribution in [2.75, 3.05) is 13.2 Å². The van der Waals surface area contributed by atoms with Gasteiger partial charge in [0, 0.05) is 37.0 Å². The van der Waals surface area contributed by atoms with E-state index in [-0.39, 0.29) is 31.0 Å². The number of hydrogen-bond donors (Lipinski definition) is 1. The highest BCUT2D eigenvalue weighted by Gasteiger charge is 2.37. The molecule has 12 heteroatoms. The van der Waals surface area contributed by atoms with Gasteiger partial charge in [-0.25, -0.2) is 8.78 Å². The standard InChI is InChI=1S/C47H39Cl2F2N3O5/c1-27-28(2)52-18-16-37(27)31-6-3-29(4-7-31)15-17-53-46(55)42-21-34-22-43-44(23-35(34)24-54(42)47(56)33-10-14-40(50)41(51)20-33)59-45(26-58-43)32-8-11-36(12-9-32)57-25-30-5-13-38(48)39(49)19-30/h3-14,16,18-20,22-23,42,45H,15,17,21,24-26H2,1-2H3,(H,53,55). The highest BCUT2D eigenvalue weighted by molar-refractivity contribution is 6.42. The zero-order chi connectivity index (χ0) is 41.2. The maximum absolute atomic E-state index is 14.3. The maximum Gasteiger partial charge on any atom is 0.254 e. The molecule has 8 nitrogen and oxygen atoms in total. The summed E-state index contributed by atoms with van der Waals surface area (Å²) in [4.78, 5) is 33.6. The number of fused-ring (bicyclic) bond motifs is 2. The molecule has 0 aliphatic carbocycles. The summed E-state index contributed by atoms with van der Waals surface area (Å²) in [6.07, 6.45) is 2.12. The summed E-state index contributed by atoms with van der Waals surface area (Å²) < 4.78 is 46.8. The zero-order valence-corrected chi connectivity index (χ0v) is 33.7. The van der Waals surface area contributed by atoms with Gasteiger partial charge in [-0.3, -0.25) is 14.6 Å². The molecule has 2 unspecified atom stereocenters. The lowest BCUT2D eigenvalue weighted by Crippen LogP contribution is -2.52. The molecule has 0 spiro atoms. The van der Waals surface area contributed by atoms with Gasteiger partial charge in [0.1, 0.15) is 25.0 Å². The number of hydrogen-bond acceptors (Lipinski definition) is 6. The van der Waals surface area contributed by atoms with E-state index in [9.17, 15) is 18.4 Å². The third-order valence-electron chi connectivity index (χ3n) is 10.9. The van der Waals surface area contributed by atoms with Crippen LogP contribution in [0, 0.1) is 25.5 Å². The number of carbonyl (C=O) groups is 2. The monoisotopic (exact) mass is 833 g/mol. The average Bonchev–Trinajstić information content (AvgIpc) is 3.25. The predicted octanol–water partition coefficient (Wildman–Crippen LogP) is 9.97. The van der Waals surface area contributed by atoms with Gasteiger partial charge in [0.25, 0.3) is 5.91 Å². The van der Waals surface area contributed by atoms with Crippen LogP contribution in [0.25, 0.3) is 11.1 Å². The number of aryl methyl sites for hydroxylation is 1. The Labute approximate surface area is 350 Å². The molecule has 1 N–H and O–H groups in total. The Hall–Kier alpha value is -5.97. The molecule has 2 amide bonds. The first-order valence-electron chi connectivity index (χ1n) is 19.2. The van der Waals surface area contributed by atoms with Crippen LogP contribution in [0.15, 0.2) is 109 Å². The van der Waals surface area contributed by atoms with E-state index >= 15 is 0 Å². The third-order valence-corrected chi connectivity index (χ3v) is 11.6. The van der Waals surface area contributed by atoms with E-state index < -0.39 is 29.7 Å². The number of carbonyl (C=O) groups excluding carboxylic acids is 2. The van der Waals surface area contributed by atoms with Gasteiger partial charge in [-0.15, -0.1) is 0 Å². The second-order valence-electron chi connectivity index (χ2n) is 14.7. The summed E-state index contributed by atoms with van der Waals surface area (Å²) in [5, 5.41) is 3.95. The summed E-state index contributed by atoms with van der Waals surface area (Å²) in [5.41, 5.74) is 8.60. The molecule has 3 heterocycles. The molecular formula is C47H39Cl2F2N3O5. The van der Waals surface area contributed by atoms with E-state index in [0.717, 1.165) is 62.3 Å². The first-order valence-corrected chi connectivity index (χ1v) is 19.9. The van der Waals surface area contributed by atoms with Crippen LogP contribution in [0.3, 0.4) is 0 Å². The quantitative estimate of drug-likeness (QED) is 0.148. The van der Waals surface area contributed by atoms with Crippen LogP contribution in [0.2, 0.25) is 10.0 Å². The number of amides is 2. The summed E-state index contributed by atoms with van der Waals surface area (Å²) in [7, 11) is 0. The van der Waals surface area contributed by atoms with Gasteiger partial charge in [-0.2, -0.15) is 0 Å². The minimum atomic E-state index is -1.15. The zero-order valence-electron chi connectivity index (χ0n) is 32.2. The van der Waals surface area contributed by atoms with Crippen molar-refractivity contribution >= 4 is 35.0 Å². The largest absolute Gasteiger partial charge is 0.489 e. The molecule has 300 valence electrons. The molecule has 0 fully saturated rings. The van der Waals surface area contributed by atoms with Crippen molar-refractivity contribution in [3.05, 3.63) is 176 Å². The van der Waals surface area contributed by atoms with Crippen LogP contribution in [0.5, 0.6) is 17.2 Å². The molecule has 0 radical (unpaired) electrons. The Morgan fingerprint density at radius 2 is 1.61 bits per heavy atom. The van der Waals surface area contributed by atoms with E-state index in [1.165, 1.54) is 11.0 Å². The van der Waals surface area contributed by atoms with Crippen LogP contribution < -0.4 is 19.5 Å². The van der Waals surface area contributed by atoms with Gasteiger partial charge in [0.2, 0.25) is 5.91 Å². The number of ether oxygens (including phenoxy) is 3. The summed E-state index contributed by atoms with van der Waals surface area (Å²) >= 11 is 12.2. The number of halogens is 4. The minimum Gasteiger partial charge on any atom is -0.489 e. The first-order chi connectivity index (χ1) is 28.5. The molecular weight excluding hydrogens is 795 g/mol. The van der Waals surface area contributed by atoms with Gasteiger partial charge in [-0.05, 0) is 125 Å². The van der Waals surface area contributed by atoms with Gasteiger partial charge in [0.15, 0.2) is 29.2 Å². The van der Waals surface area contributed by atoms with Crippen molar-refractivity contribution < 1.29 is 32.6 Å². The molecule has 2 atom stereocenters. The van der Waals surface area contributed by atoms with Crippen LogP contribution in [0.1, 0.15) is 55.5 Å². The van der Waals surface area contributed by atoms with Crippen LogP contribution >= 0.6 is 23.2 Å². The minimum absolute atomic E-state index is 0.0345. The third kappa shape index (κ3) is 8.75. The number of aromatic nitrogens is 1. The Kier molecular flexibility index (Phi) is 11.5. The molecule has 0 saturated carbocycles. The Morgan fingerprint density at radius 3 is 2.37 bits per heavy atom. The van der Waals surface area contributed by atoms with Gasteiger partial charge in [0.05, 0.1) is 10.0 Å². The molecule has 5 aromatic carbocycles. The fourth-order valence-corrected chi connectivity index (χ4v) is 7.71. The van der Waals surface area contributed by atoms with Crippen molar-refractivity contribution in [1.82, 2.24) is 15.2 Å². The van der Waals surface area contributed by atoms with Crippen LogP contribution in [-0.4, -0.2) is 40.9 Å². The van der Waals surface area contributed by atoms with E-state index in [4.69, 9.17) is 37.4 Å². The lowest BCUT2D eigenvalue weighted by molar-refractivity contribution is -0.126. The smallest absolute Gasteiger partial charge is 0.254 e. The molecule has 0 saturated heterocycles. The second kappa shape index (κ2) is 17.1. The van der Waals surface area contributed by atoms with E-state index in [1.54, 1.807) is 18.3 Å². The maximum atomic E-state index is 14.3. The van der Waals surface area contributed by atoms with E-state index in [2.05, 4.69) is 29.4 Å². The molecule has 2 aliphatic rings. The molecule has 6 aromatic rings. The van der Waals surface area contributed by atoms with E-state index in [0.29, 0.717) is 46.9 Å². The number of nitrogens with zero attached hydrogens (tertiary/aromatic N) is 2. The fraction of sp³-hybridized carbons (Fsp3) is 0.213. The molecule has 8 rings (SSSR count). The summed E-state index contributed by atoms with van der Waals surface area (Å²) in [5.74, 6) is -1.48. The van der Waals surface area contributed by atoms with E-state index in [1.807, 2.05) is 67.6 Å². The Morgan fingerprint density at radius 1 is 0.847 bits per heavy atom. The van der Waals surface area contributed by atoms with Gasteiger partial charge < -0.3 is 24.4 Å². The highest BCUT2D eigenvalue weighted by Crippen LogP contribution is 2.41. The van der Waals surface area contributed by atoms with Gasteiger partial charge >= 0.3 is 0 Å².